The molecule has 12 heteroatoms. The number of carbonyl (C=O) groups is 1. The van der Waals surface area contributed by atoms with E-state index in [1.807, 2.05) is 67.8 Å². The maximum absolute atomic E-state index is 17.1. The number of benzene rings is 2. The molecule has 0 spiro atoms. The Morgan fingerprint density at radius 3 is 2.50 bits per heavy atom. The van der Waals surface area contributed by atoms with Gasteiger partial charge in [0.25, 0.3) is 0 Å². The van der Waals surface area contributed by atoms with Crippen molar-refractivity contribution in [1.29, 1.82) is 0 Å². The van der Waals surface area contributed by atoms with E-state index in [-0.39, 0.29) is 34.3 Å². The van der Waals surface area contributed by atoms with Crippen molar-refractivity contribution in [2.24, 2.45) is 0 Å². The van der Waals surface area contributed by atoms with Crippen LogP contribution in [0, 0.1) is 12.7 Å². The lowest BCUT2D eigenvalue weighted by atomic mass is 9.93. The molecule has 4 heterocycles. The number of amides is 1. The molecular formula is C34H42ClFN8O2. The van der Waals surface area contributed by atoms with Crippen molar-refractivity contribution in [3.05, 3.63) is 46.9 Å². The van der Waals surface area contributed by atoms with E-state index >= 15 is 4.39 Å². The van der Waals surface area contributed by atoms with Gasteiger partial charge in [0, 0.05) is 66.2 Å². The number of H-pyrrole nitrogens is 1. The van der Waals surface area contributed by atoms with Crippen molar-refractivity contribution in [3.8, 4) is 11.1 Å². The third-order valence-electron chi connectivity index (χ3n) is 9.02. The summed E-state index contributed by atoms with van der Waals surface area (Å²) in [6.45, 7) is 17.8. The number of aryl methyl sites for hydroxylation is 1. The lowest BCUT2D eigenvalue weighted by Gasteiger charge is -2.46. The maximum Gasteiger partial charge on any atom is 0.410 e. The van der Waals surface area contributed by atoms with Gasteiger partial charge in [0.2, 0.25) is 5.95 Å². The molecule has 2 aliphatic heterocycles. The van der Waals surface area contributed by atoms with Crippen molar-refractivity contribution in [2.75, 3.05) is 50.1 Å². The molecule has 2 unspecified atom stereocenters. The third kappa shape index (κ3) is 5.53. The van der Waals surface area contributed by atoms with Gasteiger partial charge in [0.05, 0.1) is 16.2 Å². The second kappa shape index (κ2) is 11.7. The molecule has 2 aliphatic rings. The molecule has 4 aromatic rings. The van der Waals surface area contributed by atoms with Crippen LogP contribution in [0.25, 0.3) is 39.0 Å². The summed E-state index contributed by atoms with van der Waals surface area (Å²) < 4.78 is 22.8. The first kappa shape index (κ1) is 32.0. The molecule has 2 fully saturated rings. The standard InChI is InChI=1S/C34H42ClFN8O2/c1-10-24-28-25(40-39-24)12-11-18(2)26(28)27-23(35)13-22-30(29(27)36)37-32(42-16-21(17-42)41(8)9)38-31(22)43-14-20(4)44(15-19(43)3)33(45)46-34(5,6)7/h10-13,19-21H,1,14-17H2,2-9H3,(H,39,40). The highest BCUT2D eigenvalue weighted by Gasteiger charge is 2.38. The maximum atomic E-state index is 17.1. The number of anilines is 2. The van der Waals surface area contributed by atoms with Crippen LogP contribution in [0.1, 0.15) is 45.9 Å². The number of ether oxygens (including phenoxy) is 1. The average Bonchev–Trinajstić information content (AvgIpc) is 3.36. The van der Waals surface area contributed by atoms with E-state index in [0.717, 1.165) is 29.6 Å². The number of likely N-dealkylation sites (N-methyl/N-ethyl adjacent to an activating group) is 1. The first-order valence-electron chi connectivity index (χ1n) is 15.7. The van der Waals surface area contributed by atoms with Gasteiger partial charge in [-0.1, -0.05) is 24.2 Å². The molecule has 244 valence electrons. The number of piperazine rings is 1. The average molecular weight is 649 g/mol. The lowest BCUT2D eigenvalue weighted by Crippen LogP contribution is -2.59. The van der Waals surface area contributed by atoms with Gasteiger partial charge in [-0.05, 0) is 79.4 Å². The Kier molecular flexibility index (Phi) is 8.13. The van der Waals surface area contributed by atoms with Crippen LogP contribution in [0.5, 0.6) is 0 Å². The van der Waals surface area contributed by atoms with Gasteiger partial charge in [0.15, 0.2) is 5.82 Å². The number of rotatable bonds is 5. The van der Waals surface area contributed by atoms with E-state index < -0.39 is 11.4 Å². The van der Waals surface area contributed by atoms with Gasteiger partial charge in [0.1, 0.15) is 16.9 Å². The van der Waals surface area contributed by atoms with Crippen molar-refractivity contribution in [1.82, 2.24) is 30.0 Å². The van der Waals surface area contributed by atoms with Crippen LogP contribution in [0.3, 0.4) is 0 Å². The van der Waals surface area contributed by atoms with Crippen LogP contribution in [-0.4, -0.2) is 100 Å². The second-order valence-corrected chi connectivity index (χ2v) is 14.2. The fourth-order valence-electron chi connectivity index (χ4n) is 6.41. The van der Waals surface area contributed by atoms with Gasteiger partial charge >= 0.3 is 6.09 Å². The number of hydrogen-bond acceptors (Lipinski definition) is 8. The van der Waals surface area contributed by atoms with E-state index in [9.17, 15) is 4.79 Å². The minimum atomic E-state index is -0.603. The summed E-state index contributed by atoms with van der Waals surface area (Å²) in [4.78, 5) is 31.1. The molecule has 0 aliphatic carbocycles. The molecule has 1 N–H and O–H groups in total. The molecule has 1 amide bonds. The highest BCUT2D eigenvalue weighted by atomic mass is 35.5. The zero-order chi connectivity index (χ0) is 33.2. The minimum absolute atomic E-state index is 0.140. The van der Waals surface area contributed by atoms with Crippen LogP contribution in [0.2, 0.25) is 5.02 Å². The molecule has 0 saturated carbocycles. The number of nitrogens with zero attached hydrogens (tertiary/aromatic N) is 7. The lowest BCUT2D eigenvalue weighted by molar-refractivity contribution is 0.0130. The van der Waals surface area contributed by atoms with E-state index in [0.29, 0.717) is 47.5 Å². The largest absolute Gasteiger partial charge is 0.444 e. The van der Waals surface area contributed by atoms with Crippen molar-refractivity contribution in [2.45, 2.75) is 65.3 Å². The summed E-state index contributed by atoms with van der Waals surface area (Å²) in [6.07, 6.45) is 1.30. The number of halogens is 2. The van der Waals surface area contributed by atoms with Crippen molar-refractivity contribution >= 4 is 57.3 Å². The van der Waals surface area contributed by atoms with E-state index in [1.165, 1.54) is 0 Å². The van der Waals surface area contributed by atoms with Gasteiger partial charge in [-0.2, -0.15) is 10.1 Å². The SMILES string of the molecule is C=Cc1n[nH]c2ccc(C)c(-c3c(Cl)cc4c(N5CC(C)N(C(=O)OC(C)(C)C)CC5C)nc(N5CC(N(C)C)C5)nc4c3F)c12. The molecule has 0 bridgehead atoms. The molecular weight excluding hydrogens is 607 g/mol. The van der Waals surface area contributed by atoms with Crippen LogP contribution in [-0.2, 0) is 4.74 Å². The smallest absolute Gasteiger partial charge is 0.410 e. The Bertz CT molecular complexity index is 1840. The van der Waals surface area contributed by atoms with Crippen LogP contribution >= 0.6 is 11.6 Å². The Labute approximate surface area is 274 Å². The molecule has 10 nitrogen and oxygen atoms in total. The van der Waals surface area contributed by atoms with Crippen LogP contribution < -0.4 is 9.80 Å². The topological polar surface area (TPSA) is 93.7 Å². The predicted octanol–water partition coefficient (Wildman–Crippen LogP) is 6.50. The molecule has 46 heavy (non-hydrogen) atoms. The normalized spacial score (nSPS) is 19.3. The quantitative estimate of drug-likeness (QED) is 0.262. The monoisotopic (exact) mass is 648 g/mol. The molecule has 2 aromatic carbocycles. The van der Waals surface area contributed by atoms with E-state index in [2.05, 4.69) is 31.5 Å². The van der Waals surface area contributed by atoms with Gasteiger partial charge < -0.3 is 24.3 Å². The van der Waals surface area contributed by atoms with Gasteiger partial charge in [-0.15, -0.1) is 0 Å². The number of aromatic amines is 1. The molecule has 6 rings (SSSR count). The van der Waals surface area contributed by atoms with Gasteiger partial charge in [-0.3, -0.25) is 5.10 Å². The minimum Gasteiger partial charge on any atom is -0.444 e. The number of fused-ring (bicyclic) bond motifs is 2. The van der Waals surface area contributed by atoms with E-state index in [1.54, 1.807) is 17.0 Å². The Morgan fingerprint density at radius 1 is 1.13 bits per heavy atom. The summed E-state index contributed by atoms with van der Waals surface area (Å²) in [7, 11) is 4.10. The van der Waals surface area contributed by atoms with Crippen LogP contribution in [0.15, 0.2) is 24.8 Å². The number of aromatic nitrogens is 4. The number of nitrogens with one attached hydrogen (secondary N) is 1. The zero-order valence-corrected chi connectivity index (χ0v) is 28.5. The first-order valence-corrected chi connectivity index (χ1v) is 16.0. The summed E-state index contributed by atoms with van der Waals surface area (Å²) in [5.41, 5.74) is 2.74. The summed E-state index contributed by atoms with van der Waals surface area (Å²) in [5, 5.41) is 8.92. The summed E-state index contributed by atoms with van der Waals surface area (Å²) in [6, 6.07) is 5.65. The number of hydrogen-bond donors (Lipinski definition) is 1. The highest BCUT2D eigenvalue weighted by Crippen LogP contribution is 2.44. The first-order chi connectivity index (χ1) is 21.7. The molecule has 2 atom stereocenters. The summed E-state index contributed by atoms with van der Waals surface area (Å²) >= 11 is 7.02. The molecule has 2 aromatic heterocycles. The van der Waals surface area contributed by atoms with Crippen molar-refractivity contribution < 1.29 is 13.9 Å². The fraction of sp³-hybridized carbons (Fsp3) is 0.471. The van der Waals surface area contributed by atoms with Gasteiger partial charge in [-0.25, -0.2) is 14.2 Å². The van der Waals surface area contributed by atoms with E-state index in [4.69, 9.17) is 26.3 Å². The molecule has 0 radical (unpaired) electrons. The third-order valence-corrected chi connectivity index (χ3v) is 9.32. The Hall–Kier alpha value is -3.96. The summed E-state index contributed by atoms with van der Waals surface area (Å²) in [5.74, 6) is 0.540. The van der Waals surface area contributed by atoms with Crippen molar-refractivity contribution in [3.63, 3.8) is 0 Å². The highest BCUT2D eigenvalue weighted by molar-refractivity contribution is 6.35. The Morgan fingerprint density at radius 2 is 1.85 bits per heavy atom. The predicted molar refractivity (Wildman–Crippen MR) is 183 cm³/mol. The Balaban J connectivity index is 1.51. The second-order valence-electron chi connectivity index (χ2n) is 13.8. The number of carbonyl (C=O) groups excluding carboxylic acids is 1. The fourth-order valence-corrected chi connectivity index (χ4v) is 6.70. The molecule has 2 saturated heterocycles. The van der Waals surface area contributed by atoms with Crippen LogP contribution in [0.4, 0.5) is 21.0 Å². The zero-order valence-electron chi connectivity index (χ0n) is 27.8.